The lowest BCUT2D eigenvalue weighted by molar-refractivity contribution is -0.132. The highest BCUT2D eigenvalue weighted by molar-refractivity contribution is 9.10. The Morgan fingerprint density at radius 1 is 1.08 bits per heavy atom. The van der Waals surface area contributed by atoms with Gasteiger partial charge in [-0.3, -0.25) is 14.6 Å². The zero-order valence-electron chi connectivity index (χ0n) is 19.9. The molecule has 0 saturated carbocycles. The lowest BCUT2D eigenvalue weighted by atomic mass is 10.0. The van der Waals surface area contributed by atoms with E-state index in [4.69, 9.17) is 4.42 Å². The number of amides is 3. The van der Waals surface area contributed by atoms with Gasteiger partial charge >= 0.3 is 11.8 Å². The molecule has 2 aliphatic rings. The monoisotopic (exact) mass is 554 g/mol. The highest BCUT2D eigenvalue weighted by Gasteiger charge is 2.31. The van der Waals surface area contributed by atoms with E-state index in [0.717, 1.165) is 27.7 Å². The van der Waals surface area contributed by atoms with Crippen LogP contribution in [-0.4, -0.2) is 58.2 Å². The predicted molar refractivity (Wildman–Crippen MR) is 138 cm³/mol. The van der Waals surface area contributed by atoms with Crippen LogP contribution in [0.3, 0.4) is 0 Å². The average Bonchev–Trinajstić information content (AvgIpc) is 3.16. The van der Waals surface area contributed by atoms with Gasteiger partial charge in [0, 0.05) is 54.2 Å². The fraction of sp³-hybridized carbons (Fsp3) is 0.385. The number of carbonyl (C=O) groups is 3. The minimum atomic E-state index is -0.563. The zero-order chi connectivity index (χ0) is 25.4. The second-order valence-corrected chi connectivity index (χ2v) is 10.3. The van der Waals surface area contributed by atoms with Crippen LogP contribution >= 0.6 is 15.9 Å². The van der Waals surface area contributed by atoms with Gasteiger partial charge in [-0.1, -0.05) is 15.9 Å². The maximum atomic E-state index is 12.9. The molecule has 3 aromatic rings. The van der Waals surface area contributed by atoms with Crippen LogP contribution in [0.5, 0.6) is 0 Å². The first-order chi connectivity index (χ1) is 17.3. The van der Waals surface area contributed by atoms with Crippen molar-refractivity contribution in [2.24, 2.45) is 0 Å². The Morgan fingerprint density at radius 3 is 2.64 bits per heavy atom. The first-order valence-corrected chi connectivity index (χ1v) is 12.9. The molecule has 188 valence electrons. The number of oxazole rings is 1. The number of benzene rings is 2. The van der Waals surface area contributed by atoms with Gasteiger partial charge in [-0.2, -0.15) is 0 Å². The molecule has 5 rings (SSSR count). The van der Waals surface area contributed by atoms with Crippen molar-refractivity contribution in [3.05, 3.63) is 62.0 Å². The second-order valence-electron chi connectivity index (χ2n) is 9.39. The fourth-order valence-electron chi connectivity index (χ4n) is 5.10. The molecule has 3 heterocycles. The van der Waals surface area contributed by atoms with Gasteiger partial charge in [0.05, 0.1) is 5.52 Å². The molecule has 0 unspecified atom stereocenters. The van der Waals surface area contributed by atoms with Crippen LogP contribution < -0.4 is 11.1 Å². The summed E-state index contributed by atoms with van der Waals surface area (Å²) in [5, 5.41) is 3.02. The summed E-state index contributed by atoms with van der Waals surface area (Å²) < 4.78 is 6.07. The van der Waals surface area contributed by atoms with Gasteiger partial charge in [0.25, 0.3) is 0 Å². The molecule has 1 saturated heterocycles. The summed E-state index contributed by atoms with van der Waals surface area (Å²) in [7, 11) is 0. The van der Waals surface area contributed by atoms with Gasteiger partial charge in [0.15, 0.2) is 11.4 Å². The Hall–Kier alpha value is -3.40. The van der Waals surface area contributed by atoms with Crippen LogP contribution in [0.4, 0.5) is 10.5 Å². The number of aromatic amines is 1. The summed E-state index contributed by atoms with van der Waals surface area (Å²) in [6.45, 7) is 3.54. The standard InChI is InChI=1S/C26H27BrN4O5/c1-15-12-17(14-22-24(15)29-26(35)36-22)21(32)4-5-23(33)30-9-7-19(8-10-30)31-11-6-16-13-18(27)2-3-20(16)28-25(31)34/h2-3,12-14,19H,4-11H2,1H3,(H,28,34)(H,29,35). The van der Waals surface area contributed by atoms with E-state index in [2.05, 4.69) is 26.2 Å². The smallest absolute Gasteiger partial charge is 0.408 e. The number of nitrogens with zero attached hydrogens (tertiary/aromatic N) is 2. The second kappa shape index (κ2) is 9.93. The number of ketones is 1. The molecule has 0 bridgehead atoms. The topological polar surface area (TPSA) is 116 Å². The number of likely N-dealkylation sites (tertiary alicyclic amines) is 1. The molecule has 1 fully saturated rings. The van der Waals surface area contributed by atoms with Crippen molar-refractivity contribution >= 4 is 50.4 Å². The number of rotatable bonds is 5. The third-order valence-corrected chi connectivity index (χ3v) is 7.56. The molecule has 2 N–H and O–H groups in total. The quantitative estimate of drug-likeness (QED) is 0.457. The molecule has 0 atom stereocenters. The van der Waals surface area contributed by atoms with E-state index >= 15 is 0 Å². The van der Waals surface area contributed by atoms with E-state index in [1.807, 2.05) is 23.1 Å². The SMILES string of the molecule is Cc1cc(C(=O)CCC(=O)N2CCC(N3CCc4cc(Br)ccc4NC3=O)CC2)cc2oc(=O)[nH]c12. The van der Waals surface area contributed by atoms with Crippen LogP contribution in [0.2, 0.25) is 0 Å². The molecule has 9 nitrogen and oxygen atoms in total. The number of piperidine rings is 1. The van der Waals surface area contributed by atoms with Crippen LogP contribution in [0.1, 0.15) is 47.2 Å². The molecule has 0 aliphatic carbocycles. The van der Waals surface area contributed by atoms with Crippen molar-refractivity contribution in [2.75, 3.05) is 25.0 Å². The third kappa shape index (κ3) is 4.95. The third-order valence-electron chi connectivity index (χ3n) is 7.07. The minimum Gasteiger partial charge on any atom is -0.408 e. The van der Waals surface area contributed by atoms with Crippen molar-refractivity contribution in [1.29, 1.82) is 0 Å². The highest BCUT2D eigenvalue weighted by atomic mass is 79.9. The van der Waals surface area contributed by atoms with E-state index in [1.54, 1.807) is 24.0 Å². The van der Waals surface area contributed by atoms with Crippen molar-refractivity contribution in [3.63, 3.8) is 0 Å². The number of Topliss-reactive ketones (excluding diaryl/α,β-unsaturated/α-hetero) is 1. The molecule has 2 aromatic carbocycles. The first-order valence-electron chi connectivity index (χ1n) is 12.1. The summed E-state index contributed by atoms with van der Waals surface area (Å²) in [4.78, 5) is 56.1. The lowest BCUT2D eigenvalue weighted by Gasteiger charge is -2.38. The van der Waals surface area contributed by atoms with Gasteiger partial charge in [-0.05, 0) is 67.6 Å². The average molecular weight is 555 g/mol. The molecule has 2 aliphatic heterocycles. The number of halogens is 1. The van der Waals surface area contributed by atoms with E-state index in [1.165, 1.54) is 0 Å². The van der Waals surface area contributed by atoms with Crippen LogP contribution in [0, 0.1) is 6.92 Å². The van der Waals surface area contributed by atoms with Crippen molar-refractivity contribution < 1.29 is 18.8 Å². The van der Waals surface area contributed by atoms with Crippen molar-refractivity contribution in [2.45, 2.75) is 45.1 Å². The van der Waals surface area contributed by atoms with Crippen LogP contribution in [0.15, 0.2) is 44.0 Å². The molecular formula is C26H27BrN4O5. The van der Waals surface area contributed by atoms with Gasteiger partial charge in [0.2, 0.25) is 5.91 Å². The maximum absolute atomic E-state index is 12.9. The lowest BCUT2D eigenvalue weighted by Crippen LogP contribution is -2.50. The highest BCUT2D eigenvalue weighted by Crippen LogP contribution is 2.27. The van der Waals surface area contributed by atoms with E-state index < -0.39 is 5.76 Å². The first kappa shape index (κ1) is 24.3. The minimum absolute atomic E-state index is 0.0645. The largest absolute Gasteiger partial charge is 0.417 e. The number of aromatic nitrogens is 1. The summed E-state index contributed by atoms with van der Waals surface area (Å²) in [6, 6.07) is 9.08. The molecule has 36 heavy (non-hydrogen) atoms. The zero-order valence-corrected chi connectivity index (χ0v) is 21.5. The Morgan fingerprint density at radius 2 is 1.86 bits per heavy atom. The van der Waals surface area contributed by atoms with Gasteiger partial charge in [-0.15, -0.1) is 0 Å². The summed E-state index contributed by atoms with van der Waals surface area (Å²) in [5.74, 6) is -0.795. The number of anilines is 1. The Balaban J connectivity index is 1.14. The van der Waals surface area contributed by atoms with E-state index in [-0.39, 0.29) is 36.6 Å². The van der Waals surface area contributed by atoms with E-state index in [0.29, 0.717) is 49.1 Å². The number of H-pyrrole nitrogens is 1. The Kier molecular flexibility index (Phi) is 6.70. The summed E-state index contributed by atoms with van der Waals surface area (Å²) in [6.07, 6.45) is 2.38. The number of nitrogens with one attached hydrogen (secondary N) is 2. The molecular weight excluding hydrogens is 528 g/mol. The summed E-state index contributed by atoms with van der Waals surface area (Å²) in [5.41, 5.74) is 4.02. The molecule has 1 aromatic heterocycles. The van der Waals surface area contributed by atoms with E-state index in [9.17, 15) is 19.2 Å². The number of aryl methyl sites for hydroxylation is 1. The number of carbonyl (C=O) groups excluding carboxylic acids is 3. The Labute approximate surface area is 215 Å². The fourth-order valence-corrected chi connectivity index (χ4v) is 5.51. The number of urea groups is 1. The van der Waals surface area contributed by atoms with Gasteiger partial charge in [-0.25, -0.2) is 9.59 Å². The molecule has 10 heteroatoms. The number of fused-ring (bicyclic) bond motifs is 2. The number of hydrogen-bond donors (Lipinski definition) is 2. The predicted octanol–water partition coefficient (Wildman–Crippen LogP) is 4.24. The molecule has 0 radical (unpaired) electrons. The molecule has 0 spiro atoms. The maximum Gasteiger partial charge on any atom is 0.417 e. The molecule has 3 amide bonds. The normalized spacial score (nSPS) is 16.6. The number of hydrogen-bond acceptors (Lipinski definition) is 5. The van der Waals surface area contributed by atoms with Crippen molar-refractivity contribution in [1.82, 2.24) is 14.8 Å². The summed E-state index contributed by atoms with van der Waals surface area (Å²) >= 11 is 3.49. The van der Waals surface area contributed by atoms with Crippen LogP contribution in [0.25, 0.3) is 11.1 Å². The van der Waals surface area contributed by atoms with Crippen molar-refractivity contribution in [3.8, 4) is 0 Å². The Bertz CT molecular complexity index is 1400. The van der Waals surface area contributed by atoms with Crippen LogP contribution in [-0.2, 0) is 11.2 Å². The van der Waals surface area contributed by atoms with Gasteiger partial charge < -0.3 is 19.5 Å². The van der Waals surface area contributed by atoms with Gasteiger partial charge in [0.1, 0.15) is 0 Å².